The predicted molar refractivity (Wildman–Crippen MR) is 87.4 cm³/mol. The van der Waals surface area contributed by atoms with Gasteiger partial charge in [0, 0.05) is 45.3 Å². The molecule has 23 heavy (non-hydrogen) atoms. The Labute approximate surface area is 136 Å². The fraction of sp³-hybridized carbons (Fsp3) is 0.562. The molecule has 1 amide bonds. The van der Waals surface area contributed by atoms with Gasteiger partial charge < -0.3 is 14.9 Å². The highest BCUT2D eigenvalue weighted by Gasteiger charge is 2.23. The van der Waals surface area contributed by atoms with E-state index in [1.54, 1.807) is 25.1 Å². The van der Waals surface area contributed by atoms with Crippen LogP contribution in [0.15, 0.2) is 24.4 Å². The summed E-state index contributed by atoms with van der Waals surface area (Å²) >= 11 is 0. The zero-order valence-corrected chi connectivity index (χ0v) is 13.7. The first-order chi connectivity index (χ1) is 11.0. The number of aromatic nitrogens is 1. The molecule has 2 rings (SSSR count). The van der Waals surface area contributed by atoms with Gasteiger partial charge in [-0.2, -0.15) is 0 Å². The average Bonchev–Trinajstić information content (AvgIpc) is 2.59. The van der Waals surface area contributed by atoms with Crippen molar-refractivity contribution >= 4 is 17.7 Å². The molecule has 7 heteroatoms. The third-order valence-electron chi connectivity index (χ3n) is 4.30. The van der Waals surface area contributed by atoms with Gasteiger partial charge in [-0.1, -0.05) is 6.07 Å². The zero-order valence-electron chi connectivity index (χ0n) is 13.7. The van der Waals surface area contributed by atoms with Gasteiger partial charge in [0.1, 0.15) is 11.9 Å². The van der Waals surface area contributed by atoms with Crippen LogP contribution in [-0.2, 0) is 9.59 Å². The minimum atomic E-state index is -0.871. The van der Waals surface area contributed by atoms with Gasteiger partial charge >= 0.3 is 5.97 Å². The smallest absolute Gasteiger partial charge is 0.320 e. The molecule has 2 heterocycles. The van der Waals surface area contributed by atoms with Crippen LogP contribution in [-0.4, -0.2) is 77.6 Å². The maximum Gasteiger partial charge on any atom is 0.320 e. The lowest BCUT2D eigenvalue weighted by Gasteiger charge is -2.35. The lowest BCUT2D eigenvalue weighted by atomic mass is 10.2. The van der Waals surface area contributed by atoms with Crippen LogP contribution in [0, 0.1) is 0 Å². The first-order valence-electron chi connectivity index (χ1n) is 7.86. The summed E-state index contributed by atoms with van der Waals surface area (Å²) in [4.78, 5) is 33.2. The summed E-state index contributed by atoms with van der Waals surface area (Å²) in [6, 6.07) is 5.24. The fourth-order valence-electron chi connectivity index (χ4n) is 2.54. The molecule has 7 nitrogen and oxygen atoms in total. The number of carboxylic acids is 1. The summed E-state index contributed by atoms with van der Waals surface area (Å²) in [5.74, 6) is 0.147. The molecular formula is C16H24N4O3. The number of hydrogen-bond donors (Lipinski definition) is 1. The Morgan fingerprint density at radius 3 is 2.57 bits per heavy atom. The first kappa shape index (κ1) is 17.2. The fourth-order valence-corrected chi connectivity index (χ4v) is 2.54. The van der Waals surface area contributed by atoms with Gasteiger partial charge in [0.2, 0.25) is 5.91 Å². The van der Waals surface area contributed by atoms with Gasteiger partial charge in [0.15, 0.2) is 0 Å². The second-order valence-corrected chi connectivity index (χ2v) is 5.80. The van der Waals surface area contributed by atoms with E-state index in [2.05, 4.69) is 9.88 Å². The van der Waals surface area contributed by atoms with E-state index in [4.69, 9.17) is 5.11 Å². The van der Waals surface area contributed by atoms with Crippen LogP contribution >= 0.6 is 0 Å². The number of carbonyl (C=O) groups is 2. The van der Waals surface area contributed by atoms with Crippen molar-refractivity contribution in [3.05, 3.63) is 24.4 Å². The van der Waals surface area contributed by atoms with Gasteiger partial charge in [0.25, 0.3) is 0 Å². The highest BCUT2D eigenvalue weighted by molar-refractivity contribution is 5.77. The Bertz CT molecular complexity index is 529. The second-order valence-electron chi connectivity index (χ2n) is 5.80. The van der Waals surface area contributed by atoms with Gasteiger partial charge in [-0.05, 0) is 26.1 Å². The number of nitrogens with zero attached hydrogens (tertiary/aromatic N) is 4. The van der Waals surface area contributed by atoms with Crippen molar-refractivity contribution in [1.82, 2.24) is 14.8 Å². The van der Waals surface area contributed by atoms with Crippen molar-refractivity contribution in [3.8, 4) is 0 Å². The lowest BCUT2D eigenvalue weighted by Crippen LogP contribution is -2.49. The number of aliphatic carboxylic acids is 1. The van der Waals surface area contributed by atoms with Crippen LogP contribution in [0.4, 0.5) is 5.82 Å². The molecule has 1 fully saturated rings. The lowest BCUT2D eigenvalue weighted by molar-refractivity contribution is -0.143. The number of carboxylic acid groups (broad SMARTS) is 1. The SMILES string of the molecule is CC(C(=O)O)N(C)CCC(=O)N1CCN(c2ccccn2)CC1. The zero-order chi connectivity index (χ0) is 16.8. The number of rotatable bonds is 6. The van der Waals surface area contributed by atoms with E-state index < -0.39 is 12.0 Å². The number of amides is 1. The summed E-state index contributed by atoms with van der Waals surface area (Å²) in [6.45, 7) is 4.96. The first-order valence-corrected chi connectivity index (χ1v) is 7.86. The molecule has 1 saturated heterocycles. The third-order valence-corrected chi connectivity index (χ3v) is 4.30. The molecule has 0 radical (unpaired) electrons. The molecule has 1 aromatic heterocycles. The molecule has 1 unspecified atom stereocenters. The Morgan fingerprint density at radius 1 is 1.30 bits per heavy atom. The van der Waals surface area contributed by atoms with Crippen LogP contribution in [0.3, 0.4) is 0 Å². The molecular weight excluding hydrogens is 296 g/mol. The normalized spacial score (nSPS) is 16.5. The van der Waals surface area contributed by atoms with Crippen molar-refractivity contribution in [1.29, 1.82) is 0 Å². The summed E-state index contributed by atoms with van der Waals surface area (Å²) in [5, 5.41) is 8.96. The van der Waals surface area contributed by atoms with Gasteiger partial charge in [-0.3, -0.25) is 14.5 Å². The molecule has 1 N–H and O–H groups in total. The van der Waals surface area contributed by atoms with Gasteiger partial charge in [-0.15, -0.1) is 0 Å². The van der Waals surface area contributed by atoms with E-state index in [-0.39, 0.29) is 5.91 Å². The van der Waals surface area contributed by atoms with E-state index in [9.17, 15) is 9.59 Å². The number of hydrogen-bond acceptors (Lipinski definition) is 5. The van der Waals surface area contributed by atoms with Crippen molar-refractivity contribution in [2.24, 2.45) is 0 Å². The van der Waals surface area contributed by atoms with E-state index in [1.165, 1.54) is 0 Å². The number of likely N-dealkylation sites (N-methyl/N-ethyl adjacent to an activating group) is 1. The highest BCUT2D eigenvalue weighted by Crippen LogP contribution is 2.13. The van der Waals surface area contributed by atoms with Gasteiger partial charge in [0.05, 0.1) is 0 Å². The summed E-state index contributed by atoms with van der Waals surface area (Å²) in [7, 11) is 1.73. The van der Waals surface area contributed by atoms with Crippen molar-refractivity contribution < 1.29 is 14.7 Å². The van der Waals surface area contributed by atoms with E-state index in [1.807, 2.05) is 23.1 Å². The number of piperazine rings is 1. The molecule has 126 valence electrons. The second kappa shape index (κ2) is 7.92. The van der Waals surface area contributed by atoms with Crippen LogP contribution in [0.1, 0.15) is 13.3 Å². The molecule has 1 aliphatic heterocycles. The summed E-state index contributed by atoms with van der Waals surface area (Å²) in [6.07, 6.45) is 2.12. The van der Waals surface area contributed by atoms with E-state index in [0.29, 0.717) is 26.1 Å². The number of pyridine rings is 1. The van der Waals surface area contributed by atoms with Crippen LogP contribution in [0.5, 0.6) is 0 Å². The van der Waals surface area contributed by atoms with E-state index in [0.717, 1.165) is 18.9 Å². The number of carbonyl (C=O) groups excluding carboxylic acids is 1. The minimum absolute atomic E-state index is 0.0788. The predicted octanol–water partition coefficient (Wildman–Crippen LogP) is 0.525. The van der Waals surface area contributed by atoms with Crippen LogP contribution < -0.4 is 4.90 Å². The molecule has 0 aromatic carbocycles. The Hall–Kier alpha value is -2.15. The number of anilines is 1. The molecule has 1 aromatic rings. The van der Waals surface area contributed by atoms with Crippen LogP contribution in [0.25, 0.3) is 0 Å². The topological polar surface area (TPSA) is 77.0 Å². The maximum atomic E-state index is 12.3. The molecule has 0 bridgehead atoms. The van der Waals surface area contributed by atoms with Crippen molar-refractivity contribution in [2.75, 3.05) is 44.7 Å². The Kier molecular flexibility index (Phi) is 5.92. The van der Waals surface area contributed by atoms with Crippen LogP contribution in [0.2, 0.25) is 0 Å². The largest absolute Gasteiger partial charge is 0.480 e. The summed E-state index contributed by atoms with van der Waals surface area (Å²) in [5.41, 5.74) is 0. The van der Waals surface area contributed by atoms with Crippen molar-refractivity contribution in [2.45, 2.75) is 19.4 Å². The third kappa shape index (κ3) is 4.66. The summed E-state index contributed by atoms with van der Waals surface area (Å²) < 4.78 is 0. The molecule has 1 aliphatic rings. The molecule has 1 atom stereocenters. The monoisotopic (exact) mass is 320 g/mol. The Morgan fingerprint density at radius 2 is 2.00 bits per heavy atom. The quantitative estimate of drug-likeness (QED) is 0.824. The van der Waals surface area contributed by atoms with Gasteiger partial charge in [-0.25, -0.2) is 4.98 Å². The molecule has 0 spiro atoms. The average molecular weight is 320 g/mol. The van der Waals surface area contributed by atoms with E-state index >= 15 is 0 Å². The minimum Gasteiger partial charge on any atom is -0.480 e. The molecule has 0 saturated carbocycles. The van der Waals surface area contributed by atoms with Crippen molar-refractivity contribution in [3.63, 3.8) is 0 Å². The standard InChI is InChI=1S/C16H24N4O3/c1-13(16(22)23)18(2)8-6-15(21)20-11-9-19(10-12-20)14-5-3-4-7-17-14/h3-5,7,13H,6,8-12H2,1-2H3,(H,22,23). The Balaban J connectivity index is 1.76. The maximum absolute atomic E-state index is 12.3. The molecule has 0 aliphatic carbocycles. The highest BCUT2D eigenvalue weighted by atomic mass is 16.4.